The van der Waals surface area contributed by atoms with Gasteiger partial charge < -0.3 is 4.57 Å². The Bertz CT molecular complexity index is 1070. The maximum absolute atomic E-state index is 14.8. The minimum absolute atomic E-state index is 0.170. The normalized spacial score (nSPS) is 15.1. The quantitative estimate of drug-likeness (QED) is 0.649. The summed E-state index contributed by atoms with van der Waals surface area (Å²) in [6.07, 6.45) is 4.94. The van der Waals surface area contributed by atoms with Gasteiger partial charge in [0.15, 0.2) is 0 Å². The number of hydrogen-bond donors (Lipinski definition) is 2. The first-order valence-electron chi connectivity index (χ1n) is 9.14. The third-order valence-electron chi connectivity index (χ3n) is 4.83. The molecule has 0 amide bonds. The number of H-pyrrole nitrogens is 1. The summed E-state index contributed by atoms with van der Waals surface area (Å²) in [6, 6.07) is 5.02. The largest absolute Gasteiger partial charge is 0.347 e. The summed E-state index contributed by atoms with van der Waals surface area (Å²) in [7, 11) is -3.29. The zero-order valence-electron chi connectivity index (χ0n) is 15.4. The molecule has 0 radical (unpaired) electrons. The van der Waals surface area contributed by atoms with Crippen molar-refractivity contribution in [3.8, 4) is 11.3 Å². The van der Waals surface area contributed by atoms with Crippen LogP contribution in [0.25, 0.3) is 22.2 Å². The Labute approximate surface area is 157 Å². The number of hydrogen-bond acceptors (Lipinski definition) is 3. The van der Waals surface area contributed by atoms with Gasteiger partial charge in [-0.15, -0.1) is 0 Å². The summed E-state index contributed by atoms with van der Waals surface area (Å²) in [4.78, 5) is 0. The van der Waals surface area contributed by atoms with Crippen LogP contribution in [0.1, 0.15) is 32.3 Å². The van der Waals surface area contributed by atoms with Crippen LogP contribution in [0, 0.1) is 11.7 Å². The van der Waals surface area contributed by atoms with Crippen LogP contribution in [0.15, 0.2) is 30.6 Å². The van der Waals surface area contributed by atoms with Crippen molar-refractivity contribution in [2.75, 3.05) is 0 Å². The lowest BCUT2D eigenvalue weighted by molar-refractivity contribution is 0.534. The van der Waals surface area contributed by atoms with Crippen LogP contribution >= 0.6 is 0 Å². The van der Waals surface area contributed by atoms with Gasteiger partial charge in [-0.3, -0.25) is 5.10 Å². The van der Waals surface area contributed by atoms with E-state index in [1.807, 2.05) is 6.20 Å². The van der Waals surface area contributed by atoms with Gasteiger partial charge >= 0.3 is 0 Å². The van der Waals surface area contributed by atoms with Crippen molar-refractivity contribution in [2.24, 2.45) is 5.92 Å². The molecule has 1 saturated carbocycles. The molecule has 1 fully saturated rings. The minimum Gasteiger partial charge on any atom is -0.347 e. The summed E-state index contributed by atoms with van der Waals surface area (Å²) >= 11 is 0. The molecule has 1 aromatic carbocycles. The highest BCUT2D eigenvalue weighted by atomic mass is 32.2. The van der Waals surface area contributed by atoms with E-state index in [2.05, 4.69) is 33.3 Å². The second-order valence-corrected chi connectivity index (χ2v) is 9.63. The van der Waals surface area contributed by atoms with Crippen LogP contribution in [0.3, 0.4) is 0 Å². The zero-order valence-corrected chi connectivity index (χ0v) is 16.2. The first-order valence-corrected chi connectivity index (χ1v) is 10.7. The molecular formula is C19H23FN4O2S. The van der Waals surface area contributed by atoms with Crippen molar-refractivity contribution in [2.45, 2.75) is 45.0 Å². The van der Waals surface area contributed by atoms with E-state index in [9.17, 15) is 12.8 Å². The number of aromatic nitrogens is 3. The molecule has 1 aliphatic carbocycles. The lowest BCUT2D eigenvalue weighted by Gasteiger charge is -2.09. The van der Waals surface area contributed by atoms with Gasteiger partial charge in [0.2, 0.25) is 10.0 Å². The monoisotopic (exact) mass is 390 g/mol. The van der Waals surface area contributed by atoms with Gasteiger partial charge in [-0.2, -0.15) is 5.10 Å². The third-order valence-corrected chi connectivity index (χ3v) is 6.73. The number of halogens is 1. The van der Waals surface area contributed by atoms with E-state index in [0.717, 1.165) is 23.0 Å². The SMILES string of the molecule is CC(C)Cn1cc(CNS(=O)(=O)C2CC2)c2cc(F)c(-c3ccn[nH]3)cc21. The van der Waals surface area contributed by atoms with Crippen molar-refractivity contribution in [1.29, 1.82) is 0 Å². The van der Waals surface area contributed by atoms with Crippen molar-refractivity contribution >= 4 is 20.9 Å². The van der Waals surface area contributed by atoms with E-state index in [0.29, 0.717) is 30.0 Å². The van der Waals surface area contributed by atoms with Gasteiger partial charge in [0, 0.05) is 41.9 Å². The molecule has 0 saturated heterocycles. The number of rotatable bonds is 7. The van der Waals surface area contributed by atoms with E-state index < -0.39 is 10.0 Å². The molecule has 2 N–H and O–H groups in total. The number of aromatic amines is 1. The van der Waals surface area contributed by atoms with Crippen LogP contribution in [0.5, 0.6) is 0 Å². The lowest BCUT2D eigenvalue weighted by atomic mass is 10.1. The fourth-order valence-electron chi connectivity index (χ4n) is 3.36. The zero-order chi connectivity index (χ0) is 19.2. The van der Waals surface area contributed by atoms with E-state index in [-0.39, 0.29) is 17.6 Å². The molecule has 27 heavy (non-hydrogen) atoms. The standard InChI is InChI=1S/C19H23FN4O2S/c1-12(2)10-24-11-13(9-22-27(25,26)14-3-4-14)15-7-17(20)16(8-19(15)24)18-5-6-21-23-18/h5-8,11-12,14,22H,3-4,9-10H2,1-2H3,(H,21,23). The number of benzene rings is 1. The first kappa shape index (κ1) is 18.2. The van der Waals surface area contributed by atoms with Crippen molar-refractivity contribution in [3.05, 3.63) is 42.0 Å². The Balaban J connectivity index is 1.76. The van der Waals surface area contributed by atoms with Crippen LogP contribution < -0.4 is 4.72 Å². The Kier molecular flexibility index (Phi) is 4.55. The van der Waals surface area contributed by atoms with E-state index >= 15 is 0 Å². The van der Waals surface area contributed by atoms with Crippen LogP contribution in [-0.2, 0) is 23.1 Å². The van der Waals surface area contributed by atoms with E-state index in [1.165, 1.54) is 6.07 Å². The van der Waals surface area contributed by atoms with Crippen molar-refractivity contribution < 1.29 is 12.8 Å². The molecule has 0 aliphatic heterocycles. The Morgan fingerprint density at radius 1 is 1.37 bits per heavy atom. The fourth-order valence-corrected chi connectivity index (χ4v) is 4.71. The van der Waals surface area contributed by atoms with Gasteiger partial charge in [-0.1, -0.05) is 13.8 Å². The lowest BCUT2D eigenvalue weighted by Crippen LogP contribution is -2.26. The van der Waals surface area contributed by atoms with Gasteiger partial charge in [-0.05, 0) is 42.5 Å². The number of nitrogens with zero attached hydrogens (tertiary/aromatic N) is 2. The summed E-state index contributed by atoms with van der Waals surface area (Å²) in [5.74, 6) is 0.0395. The van der Waals surface area contributed by atoms with Crippen LogP contribution in [0.4, 0.5) is 4.39 Å². The highest BCUT2D eigenvalue weighted by molar-refractivity contribution is 7.90. The molecule has 2 aromatic heterocycles. The fraction of sp³-hybridized carbons (Fsp3) is 0.421. The molecule has 0 atom stereocenters. The molecule has 0 spiro atoms. The van der Waals surface area contributed by atoms with E-state index in [1.54, 1.807) is 18.3 Å². The summed E-state index contributed by atoms with van der Waals surface area (Å²) in [6.45, 7) is 5.16. The molecule has 3 aromatic rings. The van der Waals surface area contributed by atoms with Gasteiger partial charge in [0.25, 0.3) is 0 Å². The predicted molar refractivity (Wildman–Crippen MR) is 103 cm³/mol. The molecule has 144 valence electrons. The Morgan fingerprint density at radius 2 is 2.15 bits per heavy atom. The van der Waals surface area contributed by atoms with Gasteiger partial charge in [-0.25, -0.2) is 17.5 Å². The second kappa shape index (κ2) is 6.76. The Hall–Kier alpha value is -2.19. The van der Waals surface area contributed by atoms with Crippen molar-refractivity contribution in [3.63, 3.8) is 0 Å². The first-order chi connectivity index (χ1) is 12.8. The molecule has 4 rings (SSSR count). The molecule has 0 bridgehead atoms. The number of fused-ring (bicyclic) bond motifs is 1. The molecule has 6 nitrogen and oxygen atoms in total. The highest BCUT2D eigenvalue weighted by Gasteiger charge is 2.35. The van der Waals surface area contributed by atoms with Crippen molar-refractivity contribution in [1.82, 2.24) is 19.5 Å². The van der Waals surface area contributed by atoms with Gasteiger partial charge in [0.05, 0.1) is 10.9 Å². The molecule has 0 unspecified atom stereocenters. The summed E-state index contributed by atoms with van der Waals surface area (Å²) < 4.78 is 43.8. The maximum Gasteiger partial charge on any atom is 0.214 e. The maximum atomic E-state index is 14.8. The molecule has 1 aliphatic rings. The highest BCUT2D eigenvalue weighted by Crippen LogP contribution is 2.31. The van der Waals surface area contributed by atoms with Crippen LogP contribution in [0.2, 0.25) is 0 Å². The average Bonchev–Trinajstić information content (AvgIpc) is 3.25. The molecule has 8 heteroatoms. The Morgan fingerprint density at radius 3 is 2.78 bits per heavy atom. The van der Waals surface area contributed by atoms with E-state index in [4.69, 9.17) is 0 Å². The molecular weight excluding hydrogens is 367 g/mol. The topological polar surface area (TPSA) is 79.8 Å². The minimum atomic E-state index is -3.29. The van der Waals surface area contributed by atoms with Gasteiger partial charge in [0.1, 0.15) is 5.82 Å². The summed E-state index contributed by atoms with van der Waals surface area (Å²) in [5, 5.41) is 7.16. The van der Waals surface area contributed by atoms with Crippen LogP contribution in [-0.4, -0.2) is 28.4 Å². The third kappa shape index (κ3) is 3.64. The predicted octanol–water partition coefficient (Wildman–Crippen LogP) is 3.41. The average molecular weight is 390 g/mol. The number of sulfonamides is 1. The second-order valence-electron chi connectivity index (χ2n) is 7.59. The number of nitrogens with one attached hydrogen (secondary N) is 2. The summed E-state index contributed by atoms with van der Waals surface area (Å²) in [5.41, 5.74) is 2.73. The smallest absolute Gasteiger partial charge is 0.214 e. The molecule has 2 heterocycles.